The number of hydrogen-bond acceptors (Lipinski definition) is 2. The summed E-state index contributed by atoms with van der Waals surface area (Å²) >= 11 is 16.8. The molecule has 0 fully saturated rings. The largest absolute Gasteiger partial charge is 0.495 e. The van der Waals surface area contributed by atoms with Crippen LogP contribution in [0.4, 0.5) is 15.8 Å². The van der Waals surface area contributed by atoms with Gasteiger partial charge >= 0.3 is 0 Å². The molecule has 7 heteroatoms. The maximum atomic E-state index is 13.8. The van der Waals surface area contributed by atoms with Gasteiger partial charge in [0, 0.05) is 5.02 Å². The van der Waals surface area contributed by atoms with Crippen LogP contribution < -0.4 is 15.4 Å². The second kappa shape index (κ2) is 6.93. The average Bonchev–Trinajstić information content (AvgIpc) is 2.44. The minimum absolute atomic E-state index is 0.0168. The fourth-order valence-electron chi connectivity index (χ4n) is 1.65. The van der Waals surface area contributed by atoms with Gasteiger partial charge in [-0.05, 0) is 42.5 Å². The standard InChI is InChI=1S/C14H11Cl2FN2OS/c1-20-12-6-5-8(15)7-11(12)19-14(21)18-10-4-2-3-9(16)13(10)17/h2-7H,1H3,(H2,18,19,21). The summed E-state index contributed by atoms with van der Waals surface area (Å²) < 4.78 is 19.0. The molecule has 0 heterocycles. The molecule has 2 rings (SSSR count). The lowest BCUT2D eigenvalue weighted by Gasteiger charge is -2.14. The molecule has 2 aromatic rings. The van der Waals surface area contributed by atoms with Crippen LogP contribution in [0.2, 0.25) is 10.0 Å². The fourth-order valence-corrected chi connectivity index (χ4v) is 2.22. The van der Waals surface area contributed by atoms with Crippen LogP contribution >= 0.6 is 35.4 Å². The molecule has 0 saturated carbocycles. The predicted octanol–water partition coefficient (Wildman–Crippen LogP) is 4.95. The molecule has 0 aliphatic rings. The highest BCUT2D eigenvalue weighted by Gasteiger charge is 2.10. The number of rotatable bonds is 3. The zero-order chi connectivity index (χ0) is 15.4. The van der Waals surface area contributed by atoms with Gasteiger partial charge in [-0.3, -0.25) is 0 Å². The molecule has 2 aromatic carbocycles. The van der Waals surface area contributed by atoms with Crippen LogP contribution in [0.1, 0.15) is 0 Å². The van der Waals surface area contributed by atoms with E-state index in [0.29, 0.717) is 16.5 Å². The van der Waals surface area contributed by atoms with Crippen LogP contribution in [-0.4, -0.2) is 12.2 Å². The van der Waals surface area contributed by atoms with E-state index in [2.05, 4.69) is 10.6 Å². The maximum Gasteiger partial charge on any atom is 0.175 e. The maximum absolute atomic E-state index is 13.8. The Morgan fingerprint density at radius 3 is 2.57 bits per heavy atom. The molecule has 0 aliphatic carbocycles. The third-order valence-corrected chi connectivity index (χ3v) is 3.34. The minimum Gasteiger partial charge on any atom is -0.495 e. The Bertz CT molecular complexity index is 682. The van der Waals surface area contributed by atoms with Crippen molar-refractivity contribution in [3.05, 3.63) is 52.3 Å². The molecule has 0 unspecified atom stereocenters. The molecule has 0 aromatic heterocycles. The highest BCUT2D eigenvalue weighted by Crippen LogP contribution is 2.28. The molecule has 21 heavy (non-hydrogen) atoms. The predicted molar refractivity (Wildman–Crippen MR) is 89.3 cm³/mol. The first-order valence-corrected chi connectivity index (χ1v) is 7.03. The van der Waals surface area contributed by atoms with Gasteiger partial charge in [-0.1, -0.05) is 29.3 Å². The number of benzene rings is 2. The Morgan fingerprint density at radius 1 is 1.14 bits per heavy atom. The SMILES string of the molecule is COc1ccc(Cl)cc1NC(=S)Nc1cccc(Cl)c1F. The van der Waals surface area contributed by atoms with Crippen LogP contribution in [0.3, 0.4) is 0 Å². The lowest BCUT2D eigenvalue weighted by molar-refractivity contribution is 0.417. The van der Waals surface area contributed by atoms with Gasteiger partial charge in [-0.15, -0.1) is 0 Å². The van der Waals surface area contributed by atoms with Gasteiger partial charge in [0.1, 0.15) is 5.75 Å². The van der Waals surface area contributed by atoms with E-state index in [1.54, 1.807) is 24.3 Å². The Labute approximate surface area is 137 Å². The van der Waals surface area contributed by atoms with Crippen molar-refractivity contribution in [2.24, 2.45) is 0 Å². The number of methoxy groups -OCH3 is 1. The summed E-state index contributed by atoms with van der Waals surface area (Å²) in [5.74, 6) is -0.00325. The quantitative estimate of drug-likeness (QED) is 0.771. The van der Waals surface area contributed by atoms with E-state index in [1.807, 2.05) is 0 Å². The summed E-state index contributed by atoms with van der Waals surface area (Å²) in [5, 5.41) is 6.36. The van der Waals surface area contributed by atoms with Crippen LogP contribution in [-0.2, 0) is 0 Å². The van der Waals surface area contributed by atoms with E-state index in [9.17, 15) is 4.39 Å². The number of ether oxygens (including phenoxy) is 1. The molecular formula is C14H11Cl2FN2OS. The van der Waals surface area contributed by atoms with Crippen LogP contribution in [0.25, 0.3) is 0 Å². The molecule has 0 spiro atoms. The fraction of sp³-hybridized carbons (Fsp3) is 0.0714. The molecule has 3 nitrogen and oxygen atoms in total. The Morgan fingerprint density at radius 2 is 1.86 bits per heavy atom. The van der Waals surface area contributed by atoms with Gasteiger partial charge in [0.25, 0.3) is 0 Å². The summed E-state index contributed by atoms with van der Waals surface area (Å²) in [6.07, 6.45) is 0. The molecule has 0 aliphatic heterocycles. The van der Waals surface area contributed by atoms with Crippen molar-refractivity contribution >= 4 is 51.9 Å². The highest BCUT2D eigenvalue weighted by molar-refractivity contribution is 7.80. The van der Waals surface area contributed by atoms with Crippen molar-refractivity contribution < 1.29 is 9.13 Å². The lowest BCUT2D eigenvalue weighted by atomic mass is 10.3. The van der Waals surface area contributed by atoms with Crippen molar-refractivity contribution in [2.75, 3.05) is 17.7 Å². The average molecular weight is 345 g/mol. The zero-order valence-electron chi connectivity index (χ0n) is 10.9. The van der Waals surface area contributed by atoms with Crippen LogP contribution in [0.15, 0.2) is 36.4 Å². The molecule has 2 N–H and O–H groups in total. The van der Waals surface area contributed by atoms with Crippen molar-refractivity contribution in [1.82, 2.24) is 0 Å². The normalized spacial score (nSPS) is 10.1. The van der Waals surface area contributed by atoms with Gasteiger partial charge in [0.2, 0.25) is 0 Å². The van der Waals surface area contributed by atoms with Crippen molar-refractivity contribution in [2.45, 2.75) is 0 Å². The third-order valence-electron chi connectivity index (χ3n) is 2.61. The van der Waals surface area contributed by atoms with E-state index in [4.69, 9.17) is 40.2 Å². The zero-order valence-corrected chi connectivity index (χ0v) is 13.2. The number of nitrogens with one attached hydrogen (secondary N) is 2. The smallest absolute Gasteiger partial charge is 0.175 e. The number of hydrogen-bond donors (Lipinski definition) is 2. The summed E-state index contributed by atoms with van der Waals surface area (Å²) in [4.78, 5) is 0. The van der Waals surface area contributed by atoms with Gasteiger partial charge in [-0.2, -0.15) is 0 Å². The summed E-state index contributed by atoms with van der Waals surface area (Å²) in [5.41, 5.74) is 0.755. The lowest BCUT2D eigenvalue weighted by Crippen LogP contribution is -2.20. The second-order valence-corrected chi connectivity index (χ2v) is 5.28. The molecular weight excluding hydrogens is 334 g/mol. The first-order valence-electron chi connectivity index (χ1n) is 5.87. The minimum atomic E-state index is -0.568. The third kappa shape index (κ3) is 3.97. The Hall–Kier alpha value is -1.56. The van der Waals surface area contributed by atoms with Gasteiger partial charge in [0.05, 0.1) is 23.5 Å². The summed E-state index contributed by atoms with van der Waals surface area (Å²) in [6.45, 7) is 0. The van der Waals surface area contributed by atoms with Crippen LogP contribution in [0.5, 0.6) is 5.75 Å². The first kappa shape index (κ1) is 15.8. The number of anilines is 2. The van der Waals surface area contributed by atoms with Gasteiger partial charge in [-0.25, -0.2) is 4.39 Å². The van der Waals surface area contributed by atoms with Crippen molar-refractivity contribution in [3.63, 3.8) is 0 Å². The molecule has 0 atom stereocenters. The monoisotopic (exact) mass is 344 g/mol. The highest BCUT2D eigenvalue weighted by atomic mass is 35.5. The van der Waals surface area contributed by atoms with Gasteiger partial charge in [0.15, 0.2) is 10.9 Å². The van der Waals surface area contributed by atoms with E-state index in [-0.39, 0.29) is 15.8 Å². The second-order valence-electron chi connectivity index (χ2n) is 4.03. The summed E-state index contributed by atoms with van der Waals surface area (Å²) in [6, 6.07) is 9.66. The van der Waals surface area contributed by atoms with Gasteiger partial charge < -0.3 is 15.4 Å². The summed E-state index contributed by atoms with van der Waals surface area (Å²) in [7, 11) is 1.53. The van der Waals surface area contributed by atoms with E-state index in [1.165, 1.54) is 19.2 Å². The molecule has 0 saturated heterocycles. The van der Waals surface area contributed by atoms with E-state index in [0.717, 1.165) is 0 Å². The first-order chi connectivity index (χ1) is 10.0. The van der Waals surface area contributed by atoms with E-state index >= 15 is 0 Å². The molecule has 0 amide bonds. The molecule has 110 valence electrons. The number of thiocarbonyl (C=S) groups is 1. The Kier molecular flexibility index (Phi) is 5.22. The Balaban J connectivity index is 2.15. The molecule has 0 radical (unpaired) electrons. The van der Waals surface area contributed by atoms with E-state index < -0.39 is 5.82 Å². The number of halogens is 3. The van der Waals surface area contributed by atoms with Crippen molar-refractivity contribution in [1.29, 1.82) is 0 Å². The van der Waals surface area contributed by atoms with Crippen LogP contribution in [0, 0.1) is 5.82 Å². The molecule has 0 bridgehead atoms. The van der Waals surface area contributed by atoms with Crippen molar-refractivity contribution in [3.8, 4) is 5.75 Å². The topological polar surface area (TPSA) is 33.3 Å².